The Morgan fingerprint density at radius 2 is 0.859 bits per heavy atom. The highest BCUT2D eigenvalue weighted by Gasteiger charge is 2.44. The van der Waals surface area contributed by atoms with Gasteiger partial charge < -0.3 is 45.1 Å². The minimum atomic E-state index is -1.57. The summed E-state index contributed by atoms with van der Waals surface area (Å²) >= 11 is 0. The number of esters is 1. The quantitative estimate of drug-likeness (QED) is 0.0195. The van der Waals surface area contributed by atoms with E-state index >= 15 is 0 Å². The number of unbranched alkanes of at least 4 members (excludes halogenated alkanes) is 40. The van der Waals surface area contributed by atoms with Crippen LogP contribution in [0.3, 0.4) is 0 Å². The van der Waals surface area contributed by atoms with Crippen molar-refractivity contribution in [2.75, 3.05) is 19.8 Å². The second kappa shape index (κ2) is 56.7. The average molecular weight is 1100 g/mol. The van der Waals surface area contributed by atoms with Crippen LogP contribution in [0.15, 0.2) is 36.5 Å². The lowest BCUT2D eigenvalue weighted by molar-refractivity contribution is -0.302. The average Bonchev–Trinajstić information content (AvgIpc) is 3.44. The number of aliphatic hydroxyl groups excluding tert-OH is 5. The van der Waals surface area contributed by atoms with Crippen molar-refractivity contribution < 1.29 is 49.3 Å². The monoisotopic (exact) mass is 1100 g/mol. The fraction of sp³-hybridized carbons (Fsp3) is 0.881. The van der Waals surface area contributed by atoms with Gasteiger partial charge in [0.1, 0.15) is 24.4 Å². The van der Waals surface area contributed by atoms with E-state index < -0.39 is 49.5 Å². The van der Waals surface area contributed by atoms with Gasteiger partial charge in [0, 0.05) is 12.8 Å². The number of aliphatic hydroxyl groups is 5. The largest absolute Gasteiger partial charge is 0.466 e. The topological polar surface area (TPSA) is 175 Å². The molecule has 1 fully saturated rings. The van der Waals surface area contributed by atoms with Crippen LogP contribution in [0.2, 0.25) is 0 Å². The third kappa shape index (κ3) is 45.5. The van der Waals surface area contributed by atoms with E-state index in [9.17, 15) is 35.1 Å². The van der Waals surface area contributed by atoms with Crippen molar-refractivity contribution in [3.63, 3.8) is 0 Å². The number of allylic oxidation sites excluding steroid dienone is 5. The Balaban J connectivity index is 1.93. The number of hydrogen-bond donors (Lipinski definition) is 6. The van der Waals surface area contributed by atoms with Gasteiger partial charge in [-0.2, -0.15) is 0 Å². The minimum absolute atomic E-state index is 0.00681. The van der Waals surface area contributed by atoms with Crippen LogP contribution in [0.5, 0.6) is 0 Å². The molecule has 11 heteroatoms. The van der Waals surface area contributed by atoms with E-state index in [4.69, 9.17) is 14.2 Å². The molecule has 0 aliphatic carbocycles. The Kier molecular flexibility index (Phi) is 53.7. The van der Waals surface area contributed by atoms with E-state index in [0.29, 0.717) is 19.4 Å². The molecule has 0 bridgehead atoms. The van der Waals surface area contributed by atoms with Crippen molar-refractivity contribution in [3.05, 3.63) is 36.5 Å². The molecule has 1 heterocycles. The predicted molar refractivity (Wildman–Crippen MR) is 324 cm³/mol. The van der Waals surface area contributed by atoms with Gasteiger partial charge in [-0.3, -0.25) is 9.59 Å². The molecule has 0 radical (unpaired) electrons. The van der Waals surface area contributed by atoms with Crippen LogP contribution in [-0.4, -0.2) is 100 Å². The summed E-state index contributed by atoms with van der Waals surface area (Å²) in [5.41, 5.74) is 0. The van der Waals surface area contributed by atoms with Crippen molar-refractivity contribution in [1.82, 2.24) is 5.32 Å². The number of carbonyl (C=O) groups is 2. The Bertz CT molecular complexity index is 1390. The number of ether oxygens (including phenoxy) is 3. The molecule has 0 spiro atoms. The molecular weight excluding hydrogens is 979 g/mol. The van der Waals surface area contributed by atoms with Gasteiger partial charge in [-0.05, 0) is 64.2 Å². The number of hydrogen-bond acceptors (Lipinski definition) is 10. The zero-order chi connectivity index (χ0) is 56.6. The van der Waals surface area contributed by atoms with Crippen molar-refractivity contribution in [3.8, 4) is 0 Å². The molecule has 458 valence electrons. The van der Waals surface area contributed by atoms with E-state index in [2.05, 4.69) is 43.5 Å². The summed E-state index contributed by atoms with van der Waals surface area (Å²) in [7, 11) is 0. The molecule has 0 aromatic rings. The lowest BCUT2D eigenvalue weighted by Gasteiger charge is -2.40. The molecule has 1 saturated heterocycles. The van der Waals surface area contributed by atoms with Gasteiger partial charge in [-0.25, -0.2) is 0 Å². The number of rotatable bonds is 58. The van der Waals surface area contributed by atoms with Crippen molar-refractivity contribution in [2.45, 2.75) is 358 Å². The van der Waals surface area contributed by atoms with Crippen molar-refractivity contribution in [2.24, 2.45) is 0 Å². The lowest BCUT2D eigenvalue weighted by Crippen LogP contribution is -2.60. The molecule has 7 atom stereocenters. The predicted octanol–water partition coefficient (Wildman–Crippen LogP) is 16.2. The molecule has 78 heavy (non-hydrogen) atoms. The zero-order valence-corrected chi connectivity index (χ0v) is 50.6. The van der Waals surface area contributed by atoms with Gasteiger partial charge in [-0.1, -0.05) is 275 Å². The van der Waals surface area contributed by atoms with Gasteiger partial charge in [0.15, 0.2) is 6.29 Å². The van der Waals surface area contributed by atoms with Crippen LogP contribution >= 0.6 is 0 Å². The lowest BCUT2D eigenvalue weighted by atomic mass is 9.99. The smallest absolute Gasteiger partial charge is 0.305 e. The number of carbonyl (C=O) groups excluding carboxylic acids is 2. The summed E-state index contributed by atoms with van der Waals surface area (Å²) in [6.07, 6.45) is 61.3. The fourth-order valence-corrected chi connectivity index (χ4v) is 10.5. The Hall–Kier alpha value is -2.12. The van der Waals surface area contributed by atoms with Crippen molar-refractivity contribution >= 4 is 11.9 Å². The van der Waals surface area contributed by atoms with Crippen LogP contribution < -0.4 is 5.32 Å². The van der Waals surface area contributed by atoms with Crippen LogP contribution in [0.25, 0.3) is 0 Å². The first kappa shape index (κ1) is 73.9. The molecule has 0 saturated carbocycles. The maximum absolute atomic E-state index is 13.0. The van der Waals surface area contributed by atoms with Crippen LogP contribution in [0.4, 0.5) is 0 Å². The first-order valence-electron chi connectivity index (χ1n) is 33.3. The fourth-order valence-electron chi connectivity index (χ4n) is 10.5. The second-order valence-electron chi connectivity index (χ2n) is 23.2. The van der Waals surface area contributed by atoms with Gasteiger partial charge in [0.25, 0.3) is 0 Å². The van der Waals surface area contributed by atoms with Crippen LogP contribution in [0.1, 0.15) is 316 Å². The van der Waals surface area contributed by atoms with Crippen LogP contribution in [0, 0.1) is 0 Å². The molecule has 0 aromatic heterocycles. The molecule has 1 amide bonds. The zero-order valence-electron chi connectivity index (χ0n) is 50.6. The molecule has 1 aliphatic rings. The summed E-state index contributed by atoms with van der Waals surface area (Å²) < 4.78 is 16.7. The van der Waals surface area contributed by atoms with Gasteiger partial charge >= 0.3 is 5.97 Å². The third-order valence-electron chi connectivity index (χ3n) is 15.7. The molecule has 6 N–H and O–H groups in total. The van der Waals surface area contributed by atoms with E-state index in [1.807, 2.05) is 6.08 Å². The highest BCUT2D eigenvalue weighted by atomic mass is 16.7. The first-order valence-corrected chi connectivity index (χ1v) is 33.3. The summed E-state index contributed by atoms with van der Waals surface area (Å²) in [6.45, 7) is 4.30. The van der Waals surface area contributed by atoms with Gasteiger partial charge in [0.2, 0.25) is 5.91 Å². The molecule has 1 rings (SSSR count). The SMILES string of the molecule is CCCCC/C=C\C/C=C\CCCCCCCC(=O)OCCCCCCCCCCCCCCCCCCCCCCCCCCCCC(=O)NC(COC1OC(CO)C(O)C(O)C1O)C(O)/C=C/CCCCCCCCC. The highest BCUT2D eigenvalue weighted by molar-refractivity contribution is 5.76. The Morgan fingerprint density at radius 3 is 1.32 bits per heavy atom. The molecule has 1 aliphatic heterocycles. The summed E-state index contributed by atoms with van der Waals surface area (Å²) in [6, 6.07) is -0.807. The highest BCUT2D eigenvalue weighted by Crippen LogP contribution is 2.23. The molecule has 7 unspecified atom stereocenters. The minimum Gasteiger partial charge on any atom is -0.466 e. The van der Waals surface area contributed by atoms with E-state index in [-0.39, 0.29) is 18.5 Å². The molecular formula is C67H125NO10. The molecule has 0 aromatic carbocycles. The normalized spacial score (nSPS) is 18.7. The molecule has 11 nitrogen and oxygen atoms in total. The van der Waals surface area contributed by atoms with E-state index in [0.717, 1.165) is 64.2 Å². The van der Waals surface area contributed by atoms with Gasteiger partial charge in [-0.15, -0.1) is 0 Å². The summed E-state index contributed by atoms with van der Waals surface area (Å²) in [5.74, 6) is -0.188. The van der Waals surface area contributed by atoms with E-state index in [1.54, 1.807) is 6.08 Å². The third-order valence-corrected chi connectivity index (χ3v) is 15.7. The number of nitrogens with one attached hydrogen (secondary N) is 1. The first-order chi connectivity index (χ1) is 38.2. The maximum Gasteiger partial charge on any atom is 0.305 e. The summed E-state index contributed by atoms with van der Waals surface area (Å²) in [5, 5.41) is 54.3. The standard InChI is InChI=1S/C67H125NO10/c1-3-5-7-9-11-13-14-15-28-32-35-39-43-47-51-55-63(72)76-56-52-48-44-40-36-33-30-27-25-23-21-19-17-16-18-20-22-24-26-29-31-34-38-42-46-50-54-62(71)68-59(60(70)53-49-45-41-37-12-10-8-6-4-2)58-77-67-66(75)65(74)64(73)61(57-69)78-67/h11,13,15,28,49,53,59-61,64-67,69-70,73-75H,3-10,12,14,16-27,29-48,50-52,54-58H2,1-2H3,(H,68,71)/b13-11-,28-15-,53-49+. The summed E-state index contributed by atoms with van der Waals surface area (Å²) in [4.78, 5) is 25.1. The Morgan fingerprint density at radius 1 is 0.474 bits per heavy atom. The Labute approximate surface area is 479 Å². The van der Waals surface area contributed by atoms with Gasteiger partial charge in [0.05, 0.1) is 32.0 Å². The second-order valence-corrected chi connectivity index (χ2v) is 23.2. The number of amides is 1. The van der Waals surface area contributed by atoms with E-state index in [1.165, 1.54) is 225 Å². The van der Waals surface area contributed by atoms with Crippen molar-refractivity contribution in [1.29, 1.82) is 0 Å². The maximum atomic E-state index is 13.0. The van der Waals surface area contributed by atoms with Crippen LogP contribution in [-0.2, 0) is 23.8 Å².